The molecule has 4 nitrogen and oxygen atoms in total. The summed E-state index contributed by atoms with van der Waals surface area (Å²) in [5, 5.41) is 23.1. The number of hydrogen-bond acceptors (Lipinski definition) is 3. The summed E-state index contributed by atoms with van der Waals surface area (Å²) >= 11 is 0. The fourth-order valence-electron chi connectivity index (χ4n) is 8.14. The number of nitrogens with one attached hydrogen (secondary N) is 1. The highest BCUT2D eigenvalue weighted by Gasteiger charge is 2.17. The molecule has 0 spiro atoms. The molecule has 0 aliphatic rings. The van der Waals surface area contributed by atoms with Crippen LogP contribution in [0.4, 0.5) is 0 Å². The molecule has 0 radical (unpaired) electrons. The van der Waals surface area contributed by atoms with E-state index in [1.807, 2.05) is 6.08 Å². The van der Waals surface area contributed by atoms with E-state index in [9.17, 15) is 15.0 Å². The topological polar surface area (TPSA) is 69.6 Å². The Labute approximate surface area is 399 Å². The summed E-state index contributed by atoms with van der Waals surface area (Å²) in [6.45, 7) is 4.17. The van der Waals surface area contributed by atoms with Crippen LogP contribution in [0.15, 0.2) is 85.1 Å². The van der Waals surface area contributed by atoms with Gasteiger partial charge in [-0.05, 0) is 83.5 Å². The molecule has 3 N–H and O–H groups in total. The summed E-state index contributed by atoms with van der Waals surface area (Å²) in [6, 6.07) is -0.646. The van der Waals surface area contributed by atoms with E-state index in [1.54, 1.807) is 6.08 Å². The number of rotatable bonds is 50. The molecule has 370 valence electrons. The van der Waals surface area contributed by atoms with Crippen LogP contribution >= 0.6 is 0 Å². The molecule has 0 rings (SSSR count). The number of allylic oxidation sites excluding steroid dienone is 13. The Hall–Kier alpha value is -2.43. The van der Waals surface area contributed by atoms with Crippen molar-refractivity contribution in [2.45, 2.75) is 283 Å². The Bertz CT molecular complexity index is 1150. The van der Waals surface area contributed by atoms with Gasteiger partial charge in [-0.15, -0.1) is 0 Å². The molecule has 0 aromatic carbocycles. The molecule has 0 saturated heterocycles. The van der Waals surface area contributed by atoms with Gasteiger partial charge in [0.15, 0.2) is 0 Å². The van der Waals surface area contributed by atoms with Crippen LogP contribution in [0.3, 0.4) is 0 Å². The lowest BCUT2D eigenvalue weighted by Crippen LogP contribution is -2.45. The second kappa shape index (κ2) is 54.9. The van der Waals surface area contributed by atoms with E-state index in [1.165, 1.54) is 186 Å². The first-order chi connectivity index (χ1) is 31.7. The first-order valence-electron chi connectivity index (χ1n) is 27.8. The normalized spacial score (nSPS) is 13.5. The quantitative estimate of drug-likeness (QED) is 0.0421. The summed E-state index contributed by atoms with van der Waals surface area (Å²) in [7, 11) is 0. The van der Waals surface area contributed by atoms with Gasteiger partial charge in [0.1, 0.15) is 0 Å². The Balaban J connectivity index is 3.46. The van der Waals surface area contributed by atoms with Gasteiger partial charge >= 0.3 is 0 Å². The third-order valence-corrected chi connectivity index (χ3v) is 12.3. The minimum Gasteiger partial charge on any atom is -0.394 e. The lowest BCUT2D eigenvalue weighted by atomic mass is 10.0. The van der Waals surface area contributed by atoms with Crippen molar-refractivity contribution in [1.29, 1.82) is 0 Å². The molecule has 2 unspecified atom stereocenters. The van der Waals surface area contributed by atoms with Gasteiger partial charge < -0.3 is 15.5 Å². The first-order valence-corrected chi connectivity index (χ1v) is 27.8. The number of aliphatic hydroxyl groups is 2. The van der Waals surface area contributed by atoms with Crippen molar-refractivity contribution in [3.05, 3.63) is 85.1 Å². The number of aliphatic hydroxyl groups excluding tert-OH is 2. The fourth-order valence-corrected chi connectivity index (χ4v) is 8.14. The van der Waals surface area contributed by atoms with Gasteiger partial charge in [-0.25, -0.2) is 0 Å². The van der Waals surface area contributed by atoms with Crippen molar-refractivity contribution in [2.24, 2.45) is 0 Å². The smallest absolute Gasteiger partial charge is 0.220 e. The van der Waals surface area contributed by atoms with Crippen molar-refractivity contribution in [3.63, 3.8) is 0 Å². The van der Waals surface area contributed by atoms with Crippen LogP contribution in [0.25, 0.3) is 0 Å². The Morgan fingerprint density at radius 3 is 1.09 bits per heavy atom. The van der Waals surface area contributed by atoms with Crippen molar-refractivity contribution in [1.82, 2.24) is 5.32 Å². The molecule has 0 aliphatic heterocycles. The highest BCUT2D eigenvalue weighted by Crippen LogP contribution is 2.16. The summed E-state index contributed by atoms with van der Waals surface area (Å²) in [4.78, 5) is 12.4. The molecule has 1 amide bonds. The largest absolute Gasteiger partial charge is 0.394 e. The van der Waals surface area contributed by atoms with Gasteiger partial charge in [0.05, 0.1) is 18.8 Å². The van der Waals surface area contributed by atoms with Gasteiger partial charge in [-0.2, -0.15) is 0 Å². The van der Waals surface area contributed by atoms with Crippen LogP contribution in [0.1, 0.15) is 271 Å². The molecule has 4 heteroatoms. The summed E-state index contributed by atoms with van der Waals surface area (Å²) in [6.07, 6.45) is 80.4. The SMILES string of the molecule is CC/C=C\C/C=C\C/C=C\C/C=C\CCCCCCCCCCCCCCCCCCCCCCCCCCC(=O)NC(CO)C(O)/C=C/CC/C=C/CC/C=C/CCCCCCC. The van der Waals surface area contributed by atoms with Crippen molar-refractivity contribution in [2.75, 3.05) is 6.61 Å². The molecule has 0 heterocycles. The van der Waals surface area contributed by atoms with E-state index in [0.29, 0.717) is 6.42 Å². The van der Waals surface area contributed by atoms with Crippen LogP contribution in [0, 0.1) is 0 Å². The molecule has 0 saturated carbocycles. The second-order valence-corrected chi connectivity index (χ2v) is 18.6. The lowest BCUT2D eigenvalue weighted by Gasteiger charge is -2.19. The van der Waals surface area contributed by atoms with E-state index in [0.717, 1.165) is 64.2 Å². The lowest BCUT2D eigenvalue weighted by molar-refractivity contribution is -0.123. The summed E-state index contributed by atoms with van der Waals surface area (Å²) in [5.41, 5.74) is 0. The van der Waals surface area contributed by atoms with Gasteiger partial charge in [-0.3, -0.25) is 4.79 Å². The molecule has 64 heavy (non-hydrogen) atoms. The number of unbranched alkanes of at least 4 members (excludes halogenated alkanes) is 31. The molecule has 0 aromatic heterocycles. The Morgan fingerprint density at radius 1 is 0.391 bits per heavy atom. The highest BCUT2D eigenvalue weighted by atomic mass is 16.3. The van der Waals surface area contributed by atoms with Gasteiger partial charge in [-0.1, -0.05) is 266 Å². The molecule has 0 aromatic rings. The molecular formula is C60H107NO3. The van der Waals surface area contributed by atoms with Crippen LogP contribution in [-0.4, -0.2) is 34.9 Å². The minimum atomic E-state index is -0.871. The predicted octanol–water partition coefficient (Wildman–Crippen LogP) is 18.4. The van der Waals surface area contributed by atoms with Crippen molar-refractivity contribution in [3.8, 4) is 0 Å². The zero-order valence-electron chi connectivity index (χ0n) is 42.5. The molecule has 2 atom stereocenters. The maximum Gasteiger partial charge on any atom is 0.220 e. The zero-order chi connectivity index (χ0) is 46.3. The van der Waals surface area contributed by atoms with Crippen molar-refractivity contribution >= 4 is 5.91 Å². The Morgan fingerprint density at radius 2 is 0.703 bits per heavy atom. The van der Waals surface area contributed by atoms with E-state index in [2.05, 4.69) is 92.1 Å². The maximum absolute atomic E-state index is 12.4. The number of carbonyl (C=O) groups is 1. The van der Waals surface area contributed by atoms with Crippen LogP contribution in [0.5, 0.6) is 0 Å². The predicted molar refractivity (Wildman–Crippen MR) is 285 cm³/mol. The fraction of sp³-hybridized carbons (Fsp3) is 0.750. The van der Waals surface area contributed by atoms with E-state index in [4.69, 9.17) is 0 Å². The number of carbonyl (C=O) groups excluding carboxylic acids is 1. The second-order valence-electron chi connectivity index (χ2n) is 18.6. The molecule has 0 bridgehead atoms. The van der Waals surface area contributed by atoms with Crippen LogP contribution < -0.4 is 5.32 Å². The average Bonchev–Trinajstić information content (AvgIpc) is 3.30. The standard InChI is InChI=1S/C60H107NO3/c1-3-5-7-9-11-13-15-17-19-20-21-22-23-24-25-26-27-28-29-30-31-32-33-34-35-36-37-38-39-40-42-44-46-48-50-52-54-56-60(64)61-58(57-62)59(63)55-53-51-49-47-45-43-41-18-16-14-12-10-8-6-4-2/h5,7,11,13,16-19,21-22,45,47,53,55,58-59,62-63H,3-4,6,8-10,12,14-15,20,23-44,46,48-52,54,56-57H2,1-2H3,(H,61,64)/b7-5-,13-11-,18-16+,19-17-,22-21-,47-45+,55-53+. The summed E-state index contributed by atoms with van der Waals surface area (Å²) in [5.74, 6) is -0.0767. The number of amides is 1. The third-order valence-electron chi connectivity index (χ3n) is 12.3. The average molecular weight is 891 g/mol. The number of hydrogen-bond donors (Lipinski definition) is 3. The minimum absolute atomic E-state index is 0.0767. The van der Waals surface area contributed by atoms with Gasteiger partial charge in [0, 0.05) is 6.42 Å². The zero-order valence-corrected chi connectivity index (χ0v) is 42.5. The molecule has 0 aliphatic carbocycles. The van der Waals surface area contributed by atoms with Crippen LogP contribution in [0.2, 0.25) is 0 Å². The highest BCUT2D eigenvalue weighted by molar-refractivity contribution is 5.76. The molecule has 0 fully saturated rings. The van der Waals surface area contributed by atoms with Gasteiger partial charge in [0.25, 0.3) is 0 Å². The van der Waals surface area contributed by atoms with E-state index in [-0.39, 0.29) is 12.5 Å². The third kappa shape index (κ3) is 50.6. The van der Waals surface area contributed by atoms with E-state index >= 15 is 0 Å². The summed E-state index contributed by atoms with van der Waals surface area (Å²) < 4.78 is 0. The maximum atomic E-state index is 12.4. The van der Waals surface area contributed by atoms with E-state index < -0.39 is 12.1 Å². The van der Waals surface area contributed by atoms with Crippen molar-refractivity contribution < 1.29 is 15.0 Å². The Kier molecular flexibility index (Phi) is 52.8. The first kappa shape index (κ1) is 61.6. The monoisotopic (exact) mass is 890 g/mol. The van der Waals surface area contributed by atoms with Gasteiger partial charge in [0.2, 0.25) is 5.91 Å². The van der Waals surface area contributed by atoms with Crippen LogP contribution in [-0.2, 0) is 4.79 Å². The molecular weight excluding hydrogens is 783 g/mol.